The summed E-state index contributed by atoms with van der Waals surface area (Å²) in [5.74, 6) is 0.711. The molecule has 0 bridgehead atoms. The Bertz CT molecular complexity index is 691. The lowest BCUT2D eigenvalue weighted by atomic mass is 10.1. The van der Waals surface area contributed by atoms with E-state index in [-0.39, 0.29) is 5.69 Å². The number of aromatic nitrogens is 2. The number of carboxylic acid groups (broad SMARTS) is 1. The van der Waals surface area contributed by atoms with Crippen molar-refractivity contribution >= 4 is 11.9 Å². The number of aryl methyl sites for hydroxylation is 1. The smallest absolute Gasteiger partial charge is 0.354 e. The number of carboxylic acids is 1. The molecule has 1 fully saturated rings. The summed E-state index contributed by atoms with van der Waals surface area (Å²) in [6.07, 6.45) is 0.979. The number of carbonyl (C=O) groups is 1. The van der Waals surface area contributed by atoms with Crippen molar-refractivity contribution in [2.75, 3.05) is 24.6 Å². The zero-order chi connectivity index (χ0) is 16.2. The van der Waals surface area contributed by atoms with Crippen LogP contribution >= 0.6 is 0 Å². The van der Waals surface area contributed by atoms with Crippen LogP contribution in [0.2, 0.25) is 0 Å². The van der Waals surface area contributed by atoms with E-state index in [2.05, 4.69) is 9.97 Å². The summed E-state index contributed by atoms with van der Waals surface area (Å²) in [6.45, 7) is 4.00. The lowest BCUT2D eigenvalue weighted by Crippen LogP contribution is -2.24. The zero-order valence-corrected chi connectivity index (χ0v) is 13.0. The van der Waals surface area contributed by atoms with Crippen LogP contribution in [-0.4, -0.2) is 40.7 Å². The van der Waals surface area contributed by atoms with Crippen LogP contribution in [0.1, 0.15) is 22.6 Å². The Morgan fingerprint density at radius 3 is 2.87 bits per heavy atom. The molecule has 1 aromatic heterocycles. The maximum Gasteiger partial charge on any atom is 0.354 e. The molecule has 0 aliphatic carbocycles. The fourth-order valence-electron chi connectivity index (χ4n) is 2.69. The molecule has 2 heterocycles. The molecule has 1 unspecified atom stereocenters. The van der Waals surface area contributed by atoms with Gasteiger partial charge in [0.25, 0.3) is 0 Å². The van der Waals surface area contributed by atoms with Gasteiger partial charge in [-0.1, -0.05) is 18.2 Å². The third-order valence-electron chi connectivity index (χ3n) is 3.86. The number of hydrogen-bond acceptors (Lipinski definition) is 5. The van der Waals surface area contributed by atoms with Gasteiger partial charge in [-0.05, 0) is 31.5 Å². The molecule has 1 aliphatic heterocycles. The Kier molecular flexibility index (Phi) is 4.41. The van der Waals surface area contributed by atoms with Crippen LogP contribution in [0.25, 0.3) is 0 Å². The minimum absolute atomic E-state index is 0.0384. The van der Waals surface area contributed by atoms with Gasteiger partial charge in [0, 0.05) is 24.7 Å². The maximum absolute atomic E-state index is 11.1. The van der Waals surface area contributed by atoms with Gasteiger partial charge in [0.2, 0.25) is 5.95 Å². The molecule has 1 aliphatic rings. The van der Waals surface area contributed by atoms with Gasteiger partial charge in [0.05, 0.1) is 6.61 Å². The Hall–Kier alpha value is -2.63. The number of aromatic carboxylic acids is 1. The Labute approximate surface area is 134 Å². The van der Waals surface area contributed by atoms with Crippen LogP contribution in [0.5, 0.6) is 5.75 Å². The third-order valence-corrected chi connectivity index (χ3v) is 3.86. The van der Waals surface area contributed by atoms with Crippen LogP contribution < -0.4 is 9.64 Å². The highest BCUT2D eigenvalue weighted by molar-refractivity contribution is 5.85. The Balaban J connectivity index is 1.62. The summed E-state index contributed by atoms with van der Waals surface area (Å²) in [5, 5.41) is 9.11. The van der Waals surface area contributed by atoms with Gasteiger partial charge in [-0.25, -0.2) is 14.8 Å². The van der Waals surface area contributed by atoms with E-state index >= 15 is 0 Å². The zero-order valence-electron chi connectivity index (χ0n) is 13.0. The predicted molar refractivity (Wildman–Crippen MR) is 86.0 cm³/mol. The molecule has 0 spiro atoms. The van der Waals surface area contributed by atoms with Gasteiger partial charge < -0.3 is 14.7 Å². The first-order valence-corrected chi connectivity index (χ1v) is 7.63. The lowest BCUT2D eigenvalue weighted by molar-refractivity contribution is 0.0690. The molecule has 6 nitrogen and oxygen atoms in total. The second-order valence-electron chi connectivity index (χ2n) is 5.72. The molecule has 0 amide bonds. The quantitative estimate of drug-likeness (QED) is 0.913. The predicted octanol–water partition coefficient (Wildman–Crippen LogP) is 2.39. The van der Waals surface area contributed by atoms with Crippen molar-refractivity contribution in [1.82, 2.24) is 9.97 Å². The van der Waals surface area contributed by atoms with E-state index in [4.69, 9.17) is 9.84 Å². The van der Waals surface area contributed by atoms with Crippen molar-refractivity contribution in [3.63, 3.8) is 0 Å². The van der Waals surface area contributed by atoms with Crippen molar-refractivity contribution < 1.29 is 14.6 Å². The average Bonchev–Trinajstić information content (AvgIpc) is 3.02. The van der Waals surface area contributed by atoms with Gasteiger partial charge in [0.1, 0.15) is 5.75 Å². The molecule has 6 heteroatoms. The summed E-state index contributed by atoms with van der Waals surface area (Å²) in [5.41, 5.74) is 0.702. The van der Waals surface area contributed by atoms with E-state index in [1.54, 1.807) is 6.92 Å². The van der Waals surface area contributed by atoms with Gasteiger partial charge >= 0.3 is 5.97 Å². The van der Waals surface area contributed by atoms with Crippen molar-refractivity contribution in [2.45, 2.75) is 13.3 Å². The largest absolute Gasteiger partial charge is 0.493 e. The standard InChI is InChI=1S/C17H19N3O3/c1-12-9-15(16(21)22)19-17(18-12)20-8-7-13(10-20)11-23-14-5-3-2-4-6-14/h2-6,9,13H,7-8,10-11H2,1H3,(H,21,22). The number of nitrogens with zero attached hydrogens (tertiary/aromatic N) is 3. The second kappa shape index (κ2) is 6.64. The fraction of sp³-hybridized carbons (Fsp3) is 0.353. The lowest BCUT2D eigenvalue weighted by Gasteiger charge is -2.17. The van der Waals surface area contributed by atoms with Crippen molar-refractivity contribution in [3.05, 3.63) is 47.8 Å². The molecule has 3 rings (SSSR count). The van der Waals surface area contributed by atoms with Gasteiger partial charge in [-0.2, -0.15) is 0 Å². The van der Waals surface area contributed by atoms with E-state index in [1.807, 2.05) is 35.2 Å². The van der Waals surface area contributed by atoms with Crippen LogP contribution in [-0.2, 0) is 0 Å². The highest BCUT2D eigenvalue weighted by Crippen LogP contribution is 2.22. The first kappa shape index (κ1) is 15.3. The second-order valence-corrected chi connectivity index (χ2v) is 5.72. The molecule has 120 valence electrons. The molecule has 1 N–H and O–H groups in total. The summed E-state index contributed by atoms with van der Waals surface area (Å²) in [6, 6.07) is 11.2. The van der Waals surface area contributed by atoms with Crippen LogP contribution in [0.3, 0.4) is 0 Å². The first-order valence-electron chi connectivity index (χ1n) is 7.63. The number of rotatable bonds is 5. The molecule has 1 aromatic carbocycles. The minimum atomic E-state index is -1.03. The van der Waals surface area contributed by atoms with Crippen LogP contribution in [0.4, 0.5) is 5.95 Å². The molecule has 1 saturated heterocycles. The normalized spacial score (nSPS) is 17.3. The molecule has 2 aromatic rings. The van der Waals surface area contributed by atoms with Gasteiger partial charge in [-0.3, -0.25) is 0 Å². The molecular weight excluding hydrogens is 294 g/mol. The number of hydrogen-bond donors (Lipinski definition) is 1. The SMILES string of the molecule is Cc1cc(C(=O)O)nc(N2CCC(COc3ccccc3)C2)n1. The van der Waals surface area contributed by atoms with E-state index < -0.39 is 5.97 Å². The number of ether oxygens (including phenoxy) is 1. The van der Waals surface area contributed by atoms with E-state index in [0.717, 1.165) is 25.3 Å². The monoisotopic (exact) mass is 313 g/mol. The maximum atomic E-state index is 11.1. The third kappa shape index (κ3) is 3.77. The van der Waals surface area contributed by atoms with Crippen molar-refractivity contribution in [2.24, 2.45) is 5.92 Å². The molecule has 23 heavy (non-hydrogen) atoms. The first-order chi connectivity index (χ1) is 11.1. The molecular formula is C17H19N3O3. The number of benzene rings is 1. The highest BCUT2D eigenvalue weighted by atomic mass is 16.5. The van der Waals surface area contributed by atoms with Crippen molar-refractivity contribution in [1.29, 1.82) is 0 Å². The highest BCUT2D eigenvalue weighted by Gasteiger charge is 2.26. The van der Waals surface area contributed by atoms with Crippen LogP contribution in [0.15, 0.2) is 36.4 Å². The number of anilines is 1. The van der Waals surface area contributed by atoms with Gasteiger partial charge in [-0.15, -0.1) is 0 Å². The van der Waals surface area contributed by atoms with Crippen molar-refractivity contribution in [3.8, 4) is 5.75 Å². The summed E-state index contributed by atoms with van der Waals surface area (Å²) >= 11 is 0. The molecule has 0 radical (unpaired) electrons. The van der Waals surface area contributed by atoms with Gasteiger partial charge in [0.15, 0.2) is 5.69 Å². The fourth-order valence-corrected chi connectivity index (χ4v) is 2.69. The van der Waals surface area contributed by atoms with E-state index in [9.17, 15) is 4.79 Å². The van der Waals surface area contributed by atoms with Crippen LogP contribution in [0, 0.1) is 12.8 Å². The van der Waals surface area contributed by atoms with E-state index in [0.29, 0.717) is 24.2 Å². The Morgan fingerprint density at radius 2 is 2.13 bits per heavy atom. The number of para-hydroxylation sites is 1. The summed E-state index contributed by atoms with van der Waals surface area (Å²) < 4.78 is 5.80. The topological polar surface area (TPSA) is 75.5 Å². The molecule has 0 saturated carbocycles. The average molecular weight is 313 g/mol. The molecule has 1 atom stereocenters. The van der Waals surface area contributed by atoms with E-state index in [1.165, 1.54) is 6.07 Å². The minimum Gasteiger partial charge on any atom is -0.493 e. The summed E-state index contributed by atoms with van der Waals surface area (Å²) in [7, 11) is 0. The Morgan fingerprint density at radius 1 is 1.35 bits per heavy atom. The summed E-state index contributed by atoms with van der Waals surface area (Å²) in [4.78, 5) is 21.6.